The lowest BCUT2D eigenvalue weighted by atomic mass is 10.1. The molecule has 1 heterocycles. The molecule has 18 heteroatoms. The van der Waals surface area contributed by atoms with Gasteiger partial charge in [0.2, 0.25) is 0 Å². The predicted octanol–water partition coefficient (Wildman–Crippen LogP) is 9.79. The summed E-state index contributed by atoms with van der Waals surface area (Å²) in [5.41, 5.74) is -10.8. The highest BCUT2D eigenvalue weighted by Crippen LogP contribution is 2.50. The third-order valence-corrected chi connectivity index (χ3v) is 9.47. The van der Waals surface area contributed by atoms with Crippen LogP contribution >= 0.6 is 11.6 Å². The quantitative estimate of drug-likeness (QED) is 0.101. The fraction of sp³-hybridized carbons (Fsp3) is 0.0625. The van der Waals surface area contributed by atoms with Crippen LogP contribution in [0.25, 0.3) is 0 Å². The highest BCUT2D eigenvalue weighted by Gasteiger charge is 2.50. The first-order valence-electron chi connectivity index (χ1n) is 14.0. The van der Waals surface area contributed by atoms with Crippen LogP contribution in [0.3, 0.4) is 0 Å². The van der Waals surface area contributed by atoms with E-state index in [4.69, 9.17) is 11.6 Å². The summed E-state index contributed by atoms with van der Waals surface area (Å²) in [6, 6.07) is 28.5. The van der Waals surface area contributed by atoms with Crippen LogP contribution in [-0.2, 0) is 20.2 Å². The normalized spacial score (nSPS) is 13.5. The molecular weight excluding hydrogens is 736 g/mol. The summed E-state index contributed by atoms with van der Waals surface area (Å²) in [5.74, 6) is -1.88. The SMILES string of the molecule is O=S(=O)(Oc1ccc2cc1Nc1cc(ccc1OS(=O)(=O)C(F)(F)F)N(c1ccccc1)c1cccc(c1Cl)N2c1ccccc1)C(F)(F)F. The zero-order chi connectivity index (χ0) is 36.1. The maximum absolute atomic E-state index is 13.4. The summed E-state index contributed by atoms with van der Waals surface area (Å²) in [4.78, 5) is 3.17. The van der Waals surface area contributed by atoms with E-state index in [0.29, 0.717) is 22.7 Å². The fourth-order valence-electron chi connectivity index (χ4n) is 4.99. The van der Waals surface area contributed by atoms with Gasteiger partial charge in [-0.25, -0.2) is 0 Å². The molecule has 0 aromatic heterocycles. The van der Waals surface area contributed by atoms with Crippen molar-refractivity contribution in [2.75, 3.05) is 15.1 Å². The van der Waals surface area contributed by atoms with E-state index in [-0.39, 0.29) is 16.4 Å². The average Bonchev–Trinajstić information content (AvgIpc) is 3.04. The van der Waals surface area contributed by atoms with Crippen LogP contribution in [0.4, 0.5) is 71.8 Å². The van der Waals surface area contributed by atoms with Crippen LogP contribution in [0.5, 0.6) is 11.5 Å². The summed E-state index contributed by atoms with van der Waals surface area (Å²) in [5, 5.41) is 2.69. The molecule has 5 aromatic rings. The Balaban J connectivity index is 1.69. The second-order valence-electron chi connectivity index (χ2n) is 10.4. The molecule has 1 N–H and O–H groups in total. The Morgan fingerprint density at radius 3 is 1.26 bits per heavy atom. The number of nitrogens with zero attached hydrogens (tertiary/aromatic N) is 2. The molecule has 0 saturated heterocycles. The summed E-state index contributed by atoms with van der Waals surface area (Å²) >= 11 is 7.13. The van der Waals surface area contributed by atoms with Crippen molar-refractivity contribution in [3.8, 4) is 11.5 Å². The number of rotatable bonds is 6. The van der Waals surface area contributed by atoms with Crippen molar-refractivity contribution >= 4 is 77.3 Å². The minimum atomic E-state index is -6.27. The molecule has 1 aliphatic rings. The molecule has 0 atom stereocenters. The number of hydrogen-bond donors (Lipinski definition) is 1. The van der Waals surface area contributed by atoms with E-state index in [1.54, 1.807) is 88.7 Å². The Morgan fingerprint density at radius 2 is 0.900 bits per heavy atom. The van der Waals surface area contributed by atoms with Crippen LogP contribution in [-0.4, -0.2) is 27.9 Å². The van der Waals surface area contributed by atoms with E-state index >= 15 is 0 Å². The summed E-state index contributed by atoms with van der Waals surface area (Å²) in [6.45, 7) is 0. The zero-order valence-electron chi connectivity index (χ0n) is 24.8. The monoisotopic (exact) mass is 755 g/mol. The Hall–Kier alpha value is -5.13. The van der Waals surface area contributed by atoms with Crippen molar-refractivity contribution in [1.82, 2.24) is 0 Å². The van der Waals surface area contributed by atoms with Crippen LogP contribution < -0.4 is 23.5 Å². The molecule has 1 aliphatic heterocycles. The first kappa shape index (κ1) is 34.7. The Kier molecular flexibility index (Phi) is 8.78. The van der Waals surface area contributed by atoms with E-state index < -0.39 is 54.1 Å². The summed E-state index contributed by atoms with van der Waals surface area (Å²) < 4.78 is 138. The highest BCUT2D eigenvalue weighted by atomic mass is 35.5. The predicted molar refractivity (Wildman–Crippen MR) is 175 cm³/mol. The van der Waals surface area contributed by atoms with Crippen LogP contribution in [0.1, 0.15) is 0 Å². The molecule has 0 spiro atoms. The summed E-state index contributed by atoms with van der Waals surface area (Å²) in [7, 11) is -12.5. The number of benzene rings is 5. The second kappa shape index (κ2) is 12.6. The van der Waals surface area contributed by atoms with Gasteiger partial charge in [-0.05, 0) is 72.8 Å². The zero-order valence-corrected chi connectivity index (χ0v) is 27.2. The van der Waals surface area contributed by atoms with Crippen LogP contribution in [0.2, 0.25) is 5.02 Å². The van der Waals surface area contributed by atoms with Crippen molar-refractivity contribution in [1.29, 1.82) is 0 Å². The molecule has 6 rings (SSSR count). The van der Waals surface area contributed by atoms with Crippen LogP contribution in [0, 0.1) is 0 Å². The Labute approximate surface area is 286 Å². The smallest absolute Gasteiger partial charge is 0.374 e. The number of anilines is 8. The van der Waals surface area contributed by atoms with E-state index in [2.05, 4.69) is 13.7 Å². The molecular formula is C32H20ClF6N3O6S2. The van der Waals surface area contributed by atoms with Crippen molar-refractivity contribution in [2.24, 2.45) is 0 Å². The third kappa shape index (κ3) is 6.58. The minimum absolute atomic E-state index is 0.136. The van der Waals surface area contributed by atoms with E-state index in [1.807, 2.05) is 0 Å². The lowest BCUT2D eigenvalue weighted by Crippen LogP contribution is -2.28. The maximum Gasteiger partial charge on any atom is 0.534 e. The largest absolute Gasteiger partial charge is 0.534 e. The topological polar surface area (TPSA) is 105 Å². The molecule has 9 nitrogen and oxygen atoms in total. The Bertz CT molecular complexity index is 2140. The fourth-order valence-corrected chi connectivity index (χ4v) is 6.24. The molecule has 0 saturated carbocycles. The van der Waals surface area contributed by atoms with Gasteiger partial charge in [0, 0.05) is 22.7 Å². The van der Waals surface area contributed by atoms with Gasteiger partial charge in [-0.1, -0.05) is 54.1 Å². The third-order valence-electron chi connectivity index (χ3n) is 7.15. The molecule has 0 aliphatic carbocycles. The van der Waals surface area contributed by atoms with Crippen molar-refractivity contribution in [3.05, 3.63) is 120 Å². The molecule has 0 fully saturated rings. The number of para-hydroxylation sites is 2. The Morgan fingerprint density at radius 1 is 0.520 bits per heavy atom. The second-order valence-corrected chi connectivity index (χ2v) is 13.9. The maximum atomic E-state index is 13.4. The number of hydrogen-bond acceptors (Lipinski definition) is 9. The number of nitrogens with one attached hydrogen (secondary N) is 1. The van der Waals surface area contributed by atoms with Gasteiger partial charge in [0.15, 0.2) is 11.5 Å². The highest BCUT2D eigenvalue weighted by molar-refractivity contribution is 7.88. The molecule has 0 unspecified atom stereocenters. The minimum Gasteiger partial charge on any atom is -0.374 e. The first-order valence-corrected chi connectivity index (χ1v) is 17.2. The van der Waals surface area contributed by atoms with Crippen LogP contribution in [0.15, 0.2) is 115 Å². The van der Waals surface area contributed by atoms with Gasteiger partial charge in [0.25, 0.3) is 0 Å². The van der Waals surface area contributed by atoms with Crippen molar-refractivity contribution < 1.29 is 51.5 Å². The molecule has 50 heavy (non-hydrogen) atoms. The number of halogens is 7. The van der Waals surface area contributed by atoms with E-state index in [9.17, 15) is 43.2 Å². The average molecular weight is 756 g/mol. The lowest BCUT2D eigenvalue weighted by Gasteiger charge is -2.32. The number of alkyl halides is 6. The van der Waals surface area contributed by atoms with Gasteiger partial charge in [-0.3, -0.25) is 0 Å². The molecule has 0 amide bonds. The molecule has 0 radical (unpaired) electrons. The standard InChI is InChI=1S/C32H20ClF6N3O6S2/c33-30-26-12-7-13-27(30)42(21-10-5-2-6-11-21)23-15-17-29(48-50(45,46)32(37,38)39)25(19-23)40-24-18-22(41(26)20-8-3-1-4-9-20)14-16-28(24)47-49(43,44)31(34,35)36/h1-19,40H. The van der Waals surface area contributed by atoms with Gasteiger partial charge in [0.1, 0.15) is 0 Å². The molecule has 260 valence electrons. The van der Waals surface area contributed by atoms with Gasteiger partial charge in [-0.15, -0.1) is 0 Å². The van der Waals surface area contributed by atoms with Gasteiger partial charge in [-0.2, -0.15) is 43.2 Å². The first-order chi connectivity index (χ1) is 23.5. The number of fused-ring (bicyclic) bond motifs is 6. The van der Waals surface area contributed by atoms with Gasteiger partial charge >= 0.3 is 31.3 Å². The molecule has 5 aromatic carbocycles. The molecule has 6 bridgehead atoms. The van der Waals surface area contributed by atoms with Crippen molar-refractivity contribution in [3.63, 3.8) is 0 Å². The lowest BCUT2D eigenvalue weighted by molar-refractivity contribution is -0.0504. The van der Waals surface area contributed by atoms with Gasteiger partial charge in [0.05, 0.1) is 27.8 Å². The van der Waals surface area contributed by atoms with Gasteiger partial charge < -0.3 is 23.5 Å². The van der Waals surface area contributed by atoms with E-state index in [1.165, 1.54) is 12.1 Å². The summed E-state index contributed by atoms with van der Waals surface area (Å²) in [6.07, 6.45) is 0. The van der Waals surface area contributed by atoms with Crippen molar-refractivity contribution in [2.45, 2.75) is 11.0 Å². The van der Waals surface area contributed by atoms with E-state index in [0.717, 1.165) is 24.3 Å².